The number of benzene rings is 3. The molecular weight excluding hydrogens is 382 g/mol. The molecule has 1 heterocycles. The summed E-state index contributed by atoms with van der Waals surface area (Å²) in [6.07, 6.45) is 1.92. The molecule has 0 saturated carbocycles. The molecular formula is C23H25N3O2S. The predicted octanol–water partition coefficient (Wildman–Crippen LogP) is 3.76. The average Bonchev–Trinajstić information content (AvgIpc) is 2.73. The van der Waals surface area contributed by atoms with Crippen molar-refractivity contribution in [3.8, 4) is 0 Å². The monoisotopic (exact) mass is 407 g/mol. The van der Waals surface area contributed by atoms with Gasteiger partial charge >= 0.3 is 0 Å². The molecule has 1 fully saturated rings. The first-order valence-corrected chi connectivity index (χ1v) is 11.1. The average molecular weight is 408 g/mol. The lowest BCUT2D eigenvalue weighted by Crippen LogP contribution is -2.40. The molecule has 1 aliphatic heterocycles. The Balaban J connectivity index is 1.62. The summed E-state index contributed by atoms with van der Waals surface area (Å²) in [4.78, 5) is 13.6. The van der Waals surface area contributed by atoms with E-state index in [4.69, 9.17) is 0 Å². The first kappa shape index (κ1) is 19.8. The van der Waals surface area contributed by atoms with E-state index < -0.39 is 11.0 Å². The fourth-order valence-electron chi connectivity index (χ4n) is 3.71. The Bertz CT molecular complexity index is 1060. The van der Waals surface area contributed by atoms with Gasteiger partial charge in [-0.05, 0) is 73.5 Å². The molecule has 1 atom stereocenters. The van der Waals surface area contributed by atoms with Crippen LogP contribution in [0.15, 0.2) is 65.6 Å². The van der Waals surface area contributed by atoms with Crippen LogP contribution >= 0.6 is 0 Å². The Morgan fingerprint density at radius 2 is 1.76 bits per heavy atom. The van der Waals surface area contributed by atoms with E-state index in [0.717, 1.165) is 48.0 Å². The molecule has 1 amide bonds. The van der Waals surface area contributed by atoms with Crippen molar-refractivity contribution in [2.45, 2.75) is 30.7 Å². The van der Waals surface area contributed by atoms with Crippen LogP contribution in [0.2, 0.25) is 0 Å². The van der Waals surface area contributed by atoms with Gasteiger partial charge in [-0.2, -0.15) is 0 Å². The molecule has 1 saturated heterocycles. The van der Waals surface area contributed by atoms with Crippen molar-refractivity contribution in [1.82, 2.24) is 10.0 Å². The highest BCUT2D eigenvalue weighted by Gasteiger charge is 2.19. The molecule has 1 unspecified atom stereocenters. The standard InChI is InChI=1S/C23H25N3O2S/c1-16-5-4-6-18(15-16)25-23(27)21-9-10-22(20-8-3-2-7-19(20)21)29(28)26-17-11-13-24-14-12-17/h2-10,15,17,24,26H,11-14H2,1H3,(H,25,27). The first-order chi connectivity index (χ1) is 14.1. The summed E-state index contributed by atoms with van der Waals surface area (Å²) >= 11 is 0. The van der Waals surface area contributed by atoms with E-state index in [1.807, 2.05) is 55.5 Å². The zero-order valence-electron chi connectivity index (χ0n) is 16.4. The Kier molecular flexibility index (Phi) is 6.04. The lowest BCUT2D eigenvalue weighted by Gasteiger charge is -2.23. The number of nitrogens with one attached hydrogen (secondary N) is 3. The Hall–Kier alpha value is -2.54. The summed E-state index contributed by atoms with van der Waals surface area (Å²) < 4.78 is 16.3. The quantitative estimate of drug-likeness (QED) is 0.603. The number of aryl methyl sites for hydroxylation is 1. The maximum atomic E-state index is 13.0. The second-order valence-electron chi connectivity index (χ2n) is 7.39. The molecule has 1 aliphatic rings. The zero-order chi connectivity index (χ0) is 20.2. The highest BCUT2D eigenvalue weighted by molar-refractivity contribution is 7.83. The SMILES string of the molecule is Cc1cccc(NC(=O)c2ccc(S(=O)NC3CCNCC3)c3ccccc23)c1. The Morgan fingerprint density at radius 3 is 2.52 bits per heavy atom. The number of hydrogen-bond acceptors (Lipinski definition) is 3. The van der Waals surface area contributed by atoms with Gasteiger partial charge in [0.1, 0.15) is 11.0 Å². The lowest BCUT2D eigenvalue weighted by atomic mass is 10.0. The van der Waals surface area contributed by atoms with Crippen molar-refractivity contribution in [1.29, 1.82) is 0 Å². The smallest absolute Gasteiger partial charge is 0.256 e. The fraction of sp³-hybridized carbons (Fsp3) is 0.261. The number of carbonyl (C=O) groups excluding carboxylic acids is 1. The van der Waals surface area contributed by atoms with E-state index in [9.17, 15) is 9.00 Å². The van der Waals surface area contributed by atoms with Gasteiger partial charge in [-0.3, -0.25) is 4.79 Å². The topological polar surface area (TPSA) is 70.2 Å². The number of amides is 1. The van der Waals surface area contributed by atoms with Crippen LogP contribution in [0.25, 0.3) is 10.8 Å². The van der Waals surface area contributed by atoms with E-state index in [-0.39, 0.29) is 11.9 Å². The molecule has 3 aromatic carbocycles. The molecule has 0 aliphatic carbocycles. The highest BCUT2D eigenvalue weighted by Crippen LogP contribution is 2.26. The van der Waals surface area contributed by atoms with Gasteiger partial charge in [0.05, 0.1) is 4.90 Å². The first-order valence-electron chi connectivity index (χ1n) is 9.90. The summed E-state index contributed by atoms with van der Waals surface area (Å²) in [7, 11) is -1.33. The minimum absolute atomic E-state index is 0.171. The van der Waals surface area contributed by atoms with Gasteiger partial charge in [-0.15, -0.1) is 0 Å². The molecule has 3 aromatic rings. The van der Waals surface area contributed by atoms with Gasteiger partial charge in [-0.25, -0.2) is 8.93 Å². The van der Waals surface area contributed by atoms with Crippen molar-refractivity contribution in [3.05, 3.63) is 71.8 Å². The third-order valence-corrected chi connectivity index (χ3v) is 6.52. The molecule has 5 nitrogen and oxygen atoms in total. The van der Waals surface area contributed by atoms with Crippen LogP contribution < -0.4 is 15.4 Å². The molecule has 150 valence electrons. The van der Waals surface area contributed by atoms with E-state index >= 15 is 0 Å². The summed E-state index contributed by atoms with van der Waals surface area (Å²) in [5.41, 5.74) is 2.42. The minimum atomic E-state index is -1.33. The fourth-order valence-corrected chi connectivity index (χ4v) is 4.94. The van der Waals surface area contributed by atoms with Crippen LogP contribution in [0, 0.1) is 6.92 Å². The van der Waals surface area contributed by atoms with Crippen LogP contribution in [0.1, 0.15) is 28.8 Å². The van der Waals surface area contributed by atoms with Gasteiger partial charge in [0.15, 0.2) is 0 Å². The van der Waals surface area contributed by atoms with Crippen LogP contribution in [0.3, 0.4) is 0 Å². The molecule has 4 rings (SSSR count). The van der Waals surface area contributed by atoms with Crippen LogP contribution in [0.5, 0.6) is 0 Å². The summed E-state index contributed by atoms with van der Waals surface area (Å²) in [6.45, 7) is 3.87. The molecule has 0 aromatic heterocycles. The van der Waals surface area contributed by atoms with E-state index in [0.29, 0.717) is 10.5 Å². The molecule has 0 bridgehead atoms. The van der Waals surface area contributed by atoms with Crippen LogP contribution in [-0.4, -0.2) is 29.2 Å². The zero-order valence-corrected chi connectivity index (χ0v) is 17.2. The maximum Gasteiger partial charge on any atom is 0.256 e. The van der Waals surface area contributed by atoms with Crippen molar-refractivity contribution in [3.63, 3.8) is 0 Å². The van der Waals surface area contributed by atoms with E-state index in [1.165, 1.54) is 0 Å². The van der Waals surface area contributed by atoms with Crippen LogP contribution in [0.4, 0.5) is 5.69 Å². The largest absolute Gasteiger partial charge is 0.322 e. The third-order valence-electron chi connectivity index (χ3n) is 5.22. The van der Waals surface area contributed by atoms with E-state index in [1.54, 1.807) is 12.1 Å². The van der Waals surface area contributed by atoms with Crippen molar-refractivity contribution >= 4 is 33.4 Å². The molecule has 29 heavy (non-hydrogen) atoms. The number of fused-ring (bicyclic) bond motifs is 1. The Morgan fingerprint density at radius 1 is 1.00 bits per heavy atom. The minimum Gasteiger partial charge on any atom is -0.322 e. The molecule has 0 spiro atoms. The van der Waals surface area contributed by atoms with Gasteiger partial charge in [0, 0.05) is 17.3 Å². The number of anilines is 1. The third kappa shape index (κ3) is 4.56. The second-order valence-corrected chi connectivity index (χ2v) is 8.60. The van der Waals surface area contributed by atoms with Gasteiger partial charge in [0.2, 0.25) is 0 Å². The normalized spacial score (nSPS) is 15.9. The summed E-state index contributed by atoms with van der Waals surface area (Å²) in [5, 5.41) is 7.92. The van der Waals surface area contributed by atoms with Crippen molar-refractivity contribution in [2.75, 3.05) is 18.4 Å². The van der Waals surface area contributed by atoms with Gasteiger partial charge in [-0.1, -0.05) is 36.4 Å². The van der Waals surface area contributed by atoms with Crippen molar-refractivity contribution < 1.29 is 9.00 Å². The van der Waals surface area contributed by atoms with Crippen LogP contribution in [-0.2, 0) is 11.0 Å². The lowest BCUT2D eigenvalue weighted by molar-refractivity contribution is 0.102. The number of hydrogen-bond donors (Lipinski definition) is 3. The van der Waals surface area contributed by atoms with Crippen molar-refractivity contribution in [2.24, 2.45) is 0 Å². The number of carbonyl (C=O) groups is 1. The molecule has 0 radical (unpaired) electrons. The maximum absolute atomic E-state index is 13.0. The molecule has 6 heteroatoms. The van der Waals surface area contributed by atoms with Gasteiger partial charge < -0.3 is 10.6 Å². The second kappa shape index (κ2) is 8.86. The van der Waals surface area contributed by atoms with E-state index in [2.05, 4.69) is 15.4 Å². The number of rotatable bonds is 5. The van der Waals surface area contributed by atoms with Gasteiger partial charge in [0.25, 0.3) is 5.91 Å². The Labute approximate surface area is 173 Å². The predicted molar refractivity (Wildman–Crippen MR) is 119 cm³/mol. The summed E-state index contributed by atoms with van der Waals surface area (Å²) in [6, 6.07) is 19.2. The molecule has 3 N–H and O–H groups in total. The number of piperidine rings is 1. The summed E-state index contributed by atoms with van der Waals surface area (Å²) in [5.74, 6) is -0.171. The highest BCUT2D eigenvalue weighted by atomic mass is 32.2.